The first-order chi connectivity index (χ1) is 21.7. The Morgan fingerprint density at radius 2 is 1.72 bits per heavy atom. The first-order valence-corrected chi connectivity index (χ1v) is 15.8. The summed E-state index contributed by atoms with van der Waals surface area (Å²) in [7, 11) is 2.93. The van der Waals surface area contributed by atoms with Crippen LogP contribution in [0.4, 0.5) is 4.79 Å². The van der Waals surface area contributed by atoms with Crippen LogP contribution in [0, 0.1) is 11.8 Å². The highest BCUT2D eigenvalue weighted by Crippen LogP contribution is 2.30. The molecule has 0 radical (unpaired) electrons. The number of methoxy groups -OCH3 is 2. The van der Waals surface area contributed by atoms with Crippen molar-refractivity contribution in [2.45, 2.75) is 103 Å². The molecule has 3 aliphatic rings. The van der Waals surface area contributed by atoms with Crippen molar-refractivity contribution in [1.82, 2.24) is 10.6 Å². The number of carbonyl (C=O) groups is 4. The van der Waals surface area contributed by atoms with Gasteiger partial charge >= 0.3 is 6.09 Å². The first kappa shape index (κ1) is 36.9. The number of ether oxygens (including phenoxy) is 3. The summed E-state index contributed by atoms with van der Waals surface area (Å²) in [5, 5.41) is 27.2. The Morgan fingerprint density at radius 1 is 1.04 bits per heavy atom. The molecular weight excluding hydrogens is 594 g/mol. The smallest absolute Gasteiger partial charge is 0.405 e. The monoisotopic (exact) mass is 643 g/mol. The zero-order valence-corrected chi connectivity index (χ0v) is 27.6. The van der Waals surface area contributed by atoms with Gasteiger partial charge in [-0.1, -0.05) is 38.2 Å². The van der Waals surface area contributed by atoms with E-state index in [-0.39, 0.29) is 47.0 Å². The number of aliphatic hydroxyl groups excluding tert-OH is 2. The molecule has 3 rings (SSSR count). The molecular formula is C34H49N3O9. The van der Waals surface area contributed by atoms with Crippen molar-refractivity contribution in [3.05, 3.63) is 58.5 Å². The predicted molar refractivity (Wildman–Crippen MR) is 171 cm³/mol. The summed E-state index contributed by atoms with van der Waals surface area (Å²) in [5.41, 5.74) is 6.52. The molecule has 254 valence electrons. The van der Waals surface area contributed by atoms with E-state index in [1.165, 1.54) is 20.3 Å². The van der Waals surface area contributed by atoms with Crippen LogP contribution in [0.15, 0.2) is 58.5 Å². The van der Waals surface area contributed by atoms with Crippen LogP contribution in [-0.2, 0) is 28.6 Å². The Labute approximate surface area is 270 Å². The molecule has 0 aromatic heterocycles. The van der Waals surface area contributed by atoms with E-state index in [0.29, 0.717) is 37.7 Å². The largest absolute Gasteiger partial charge is 0.439 e. The number of hydrogen-bond acceptors (Lipinski definition) is 10. The summed E-state index contributed by atoms with van der Waals surface area (Å²) in [4.78, 5) is 52.2. The highest BCUT2D eigenvalue weighted by molar-refractivity contribution is 6.23. The summed E-state index contributed by atoms with van der Waals surface area (Å²) in [5.74, 6) is -2.13. The van der Waals surface area contributed by atoms with Gasteiger partial charge in [0.25, 0.3) is 5.91 Å². The summed E-state index contributed by atoms with van der Waals surface area (Å²) >= 11 is 0. The highest BCUT2D eigenvalue weighted by atomic mass is 16.6. The van der Waals surface area contributed by atoms with Gasteiger partial charge in [0.1, 0.15) is 6.10 Å². The number of ketones is 2. The first-order valence-electron chi connectivity index (χ1n) is 15.8. The Balaban J connectivity index is 2.05. The molecule has 1 heterocycles. The minimum atomic E-state index is -1.00. The number of nitrogens with two attached hydrogens (primary N) is 1. The summed E-state index contributed by atoms with van der Waals surface area (Å²) in [6, 6.07) is -0.0841. The molecule has 0 saturated heterocycles. The lowest BCUT2D eigenvalue weighted by Gasteiger charge is -2.31. The molecule has 1 saturated carbocycles. The maximum Gasteiger partial charge on any atom is 0.405 e. The second-order valence-electron chi connectivity index (χ2n) is 12.6. The number of fused-ring (bicyclic) bond motifs is 2. The third kappa shape index (κ3) is 9.71. The van der Waals surface area contributed by atoms with Gasteiger partial charge in [-0.2, -0.15) is 0 Å². The average molecular weight is 644 g/mol. The van der Waals surface area contributed by atoms with Crippen LogP contribution in [0.1, 0.15) is 66.2 Å². The molecule has 0 spiro atoms. The second kappa shape index (κ2) is 16.8. The Bertz CT molecular complexity index is 1310. The van der Waals surface area contributed by atoms with E-state index in [0.717, 1.165) is 6.08 Å². The van der Waals surface area contributed by atoms with E-state index in [9.17, 15) is 29.4 Å². The van der Waals surface area contributed by atoms with Crippen LogP contribution < -0.4 is 16.4 Å². The average Bonchev–Trinajstić information content (AvgIpc) is 3.01. The Morgan fingerprint density at radius 3 is 2.33 bits per heavy atom. The molecule has 12 nitrogen and oxygen atoms in total. The molecule has 46 heavy (non-hydrogen) atoms. The normalized spacial score (nSPS) is 35.2. The molecule has 1 fully saturated rings. The van der Waals surface area contributed by atoms with Gasteiger partial charge in [0, 0.05) is 43.4 Å². The van der Waals surface area contributed by atoms with Gasteiger partial charge in [0.05, 0.1) is 29.7 Å². The number of allylic oxidation sites excluding steroid dienone is 4. The molecule has 2 bridgehead atoms. The maximum absolute atomic E-state index is 13.9. The van der Waals surface area contributed by atoms with Gasteiger partial charge in [-0.25, -0.2) is 4.79 Å². The number of Topliss-reactive ketones (excluding diaryl/α,β-unsaturated/α-hetero) is 1. The third-order valence-corrected chi connectivity index (χ3v) is 8.84. The van der Waals surface area contributed by atoms with E-state index in [1.54, 1.807) is 32.1 Å². The van der Waals surface area contributed by atoms with Crippen LogP contribution in [0.25, 0.3) is 0 Å². The van der Waals surface area contributed by atoms with Gasteiger partial charge in [0.15, 0.2) is 6.10 Å². The topological polar surface area (TPSA) is 187 Å². The summed E-state index contributed by atoms with van der Waals surface area (Å²) in [6.45, 7) is 7.01. The molecule has 0 aromatic rings. The van der Waals surface area contributed by atoms with E-state index in [4.69, 9.17) is 19.9 Å². The van der Waals surface area contributed by atoms with Crippen molar-refractivity contribution >= 4 is 23.6 Å². The fourth-order valence-corrected chi connectivity index (χ4v) is 6.17. The number of rotatable bonds is 5. The fraction of sp³-hybridized carbons (Fsp3) is 0.588. The predicted octanol–water partition coefficient (Wildman–Crippen LogP) is 2.66. The Kier molecular flexibility index (Phi) is 13.5. The van der Waals surface area contributed by atoms with Crippen molar-refractivity contribution in [2.75, 3.05) is 14.2 Å². The van der Waals surface area contributed by atoms with Crippen molar-refractivity contribution < 1.29 is 43.6 Å². The lowest BCUT2D eigenvalue weighted by Crippen LogP contribution is -2.41. The van der Waals surface area contributed by atoms with Crippen LogP contribution in [0.3, 0.4) is 0 Å². The maximum atomic E-state index is 13.9. The van der Waals surface area contributed by atoms with E-state index in [1.807, 2.05) is 13.8 Å². The van der Waals surface area contributed by atoms with Crippen LogP contribution >= 0.6 is 0 Å². The Hall–Kier alpha value is -3.58. The minimum absolute atomic E-state index is 0.0841. The number of carbonyl (C=O) groups excluding carboxylic acids is 4. The summed E-state index contributed by atoms with van der Waals surface area (Å²) in [6.07, 6.45) is 5.88. The standard InChI is InChI=1S/C34H49N3O9/c1-18-14-24-29(36-22-10-12-23(38)13-11-22)26(39)17-25(31(24)41)37-33(42)19(2)8-7-9-27(44-5)32(46-34(35)43)21(4)16-20(3)30(40)28(15-18)45-6/h7-9,16-18,20,22-23,27-28,30,32,36,38,40H,10-15H2,1-6H3,(H2,35,43)(H,37,42)/b9-7-,19-8+,21-16+/t18-,20+,22?,23?,27+,28+,30-,32+/m1/s1. The van der Waals surface area contributed by atoms with Gasteiger partial charge in [-0.05, 0) is 63.9 Å². The molecule has 12 heteroatoms. The number of nitrogens with one attached hydrogen (secondary N) is 2. The zero-order chi connectivity index (χ0) is 34.1. The third-order valence-electron chi connectivity index (χ3n) is 8.84. The van der Waals surface area contributed by atoms with E-state index >= 15 is 0 Å². The number of hydrogen-bond donors (Lipinski definition) is 5. The van der Waals surface area contributed by atoms with E-state index in [2.05, 4.69) is 10.6 Å². The van der Waals surface area contributed by atoms with E-state index < -0.39 is 53.9 Å². The molecule has 2 aliphatic carbocycles. The molecule has 2 amide bonds. The van der Waals surface area contributed by atoms with Gasteiger partial charge in [0.2, 0.25) is 11.6 Å². The number of amides is 2. The van der Waals surface area contributed by atoms with Crippen molar-refractivity contribution in [3.63, 3.8) is 0 Å². The van der Waals surface area contributed by atoms with Gasteiger partial charge in [-0.15, -0.1) is 0 Å². The van der Waals surface area contributed by atoms with Crippen LogP contribution in [-0.4, -0.2) is 84.6 Å². The molecule has 6 atom stereocenters. The SMILES string of the molecule is CO[C@H]1/C=C\C=C(/C)C(=O)NC2=CC(=O)C(NC3CCC(O)CC3)=C(C[C@@H](C)C[C@H](OC)[C@H](O)[C@@H](C)/C=C(\C)[C@@H]1OC(N)=O)C2=O. The molecule has 0 unspecified atom stereocenters. The minimum Gasteiger partial charge on any atom is -0.439 e. The molecule has 1 aliphatic heterocycles. The van der Waals surface area contributed by atoms with Crippen molar-refractivity contribution in [1.29, 1.82) is 0 Å². The van der Waals surface area contributed by atoms with Crippen molar-refractivity contribution in [3.8, 4) is 0 Å². The molecule has 0 aromatic carbocycles. The lowest BCUT2D eigenvalue weighted by atomic mass is 9.84. The highest BCUT2D eigenvalue weighted by Gasteiger charge is 2.34. The van der Waals surface area contributed by atoms with Gasteiger partial charge < -0.3 is 40.8 Å². The number of primary amides is 1. The van der Waals surface area contributed by atoms with Crippen LogP contribution in [0.5, 0.6) is 0 Å². The molecule has 6 N–H and O–H groups in total. The number of aliphatic hydroxyl groups is 2. The van der Waals surface area contributed by atoms with Crippen LogP contribution in [0.2, 0.25) is 0 Å². The van der Waals surface area contributed by atoms with Gasteiger partial charge in [-0.3, -0.25) is 14.4 Å². The zero-order valence-electron chi connectivity index (χ0n) is 27.6. The second-order valence-corrected chi connectivity index (χ2v) is 12.6. The van der Waals surface area contributed by atoms with Crippen molar-refractivity contribution in [2.24, 2.45) is 17.6 Å². The summed E-state index contributed by atoms with van der Waals surface area (Å²) < 4.78 is 16.7. The lowest BCUT2D eigenvalue weighted by molar-refractivity contribution is -0.120. The quantitative estimate of drug-likeness (QED) is 0.220. The fourth-order valence-electron chi connectivity index (χ4n) is 6.17.